The predicted octanol–water partition coefficient (Wildman–Crippen LogP) is 4.11. The molecule has 1 aromatic carbocycles. The Morgan fingerprint density at radius 2 is 2.14 bits per heavy atom. The molecule has 112 valence electrons. The smallest absolute Gasteiger partial charge is 0.304 e. The van der Waals surface area contributed by atoms with Crippen molar-refractivity contribution in [1.82, 2.24) is 0 Å². The van der Waals surface area contributed by atoms with Crippen molar-refractivity contribution in [3.05, 3.63) is 55.4 Å². The minimum atomic E-state index is -0.709. The van der Waals surface area contributed by atoms with Gasteiger partial charge in [0.25, 0.3) is 0 Å². The van der Waals surface area contributed by atoms with Crippen molar-refractivity contribution < 1.29 is 10.0 Å². The van der Waals surface area contributed by atoms with E-state index in [0.717, 1.165) is 10.0 Å². The number of halogens is 1. The number of hydrogen-bond acceptors (Lipinski definition) is 5. The monoisotopic (exact) mass is 370 g/mol. The minimum absolute atomic E-state index is 0.0328. The maximum absolute atomic E-state index is 11.2. The molecule has 0 saturated carbocycles. The lowest BCUT2D eigenvalue weighted by Crippen LogP contribution is -2.16. The predicted molar refractivity (Wildman–Crippen MR) is 87.9 cm³/mol. The minimum Gasteiger partial charge on any atom is -0.388 e. The van der Waals surface area contributed by atoms with Crippen molar-refractivity contribution in [2.45, 2.75) is 19.6 Å². The summed E-state index contributed by atoms with van der Waals surface area (Å²) in [5.74, 6) is 0. The van der Waals surface area contributed by atoms with Crippen LogP contribution in [-0.2, 0) is 6.54 Å². The molecule has 0 aliphatic rings. The third-order valence-corrected chi connectivity index (χ3v) is 5.22. The van der Waals surface area contributed by atoms with Gasteiger partial charge in [-0.2, -0.15) is 0 Å². The van der Waals surface area contributed by atoms with Crippen LogP contribution in [0, 0.1) is 10.1 Å². The zero-order chi connectivity index (χ0) is 15.6. The van der Waals surface area contributed by atoms with Crippen LogP contribution in [0.3, 0.4) is 0 Å². The summed E-state index contributed by atoms with van der Waals surface area (Å²) in [5, 5.41) is 21.3. The molecule has 0 aliphatic carbocycles. The fourth-order valence-electron chi connectivity index (χ4n) is 1.95. The molecule has 0 saturated heterocycles. The van der Waals surface area contributed by atoms with Crippen LogP contribution in [0.15, 0.2) is 34.8 Å². The molecule has 1 unspecified atom stereocenters. The number of aliphatic hydroxyl groups is 1. The Kier molecular flexibility index (Phi) is 4.97. The highest BCUT2D eigenvalue weighted by Crippen LogP contribution is 2.40. The first-order valence-corrected chi connectivity index (χ1v) is 7.92. The normalized spacial score (nSPS) is 12.2. The molecule has 1 heterocycles. The number of nitrogens with zero attached hydrogens (tertiary/aromatic N) is 2. The summed E-state index contributed by atoms with van der Waals surface area (Å²) in [6.07, 6.45) is -0.709. The first kappa shape index (κ1) is 15.9. The van der Waals surface area contributed by atoms with E-state index < -0.39 is 11.0 Å². The zero-order valence-corrected chi connectivity index (χ0v) is 14.0. The zero-order valence-electron chi connectivity index (χ0n) is 11.6. The van der Waals surface area contributed by atoms with Gasteiger partial charge < -0.3 is 10.0 Å². The fraction of sp³-hybridized carbons (Fsp3) is 0.286. The summed E-state index contributed by atoms with van der Waals surface area (Å²) >= 11 is 4.72. The van der Waals surface area contributed by atoms with Gasteiger partial charge in [-0.15, -0.1) is 11.3 Å². The molecule has 1 aromatic heterocycles. The Hall–Kier alpha value is -1.44. The van der Waals surface area contributed by atoms with Gasteiger partial charge in [0.15, 0.2) is 5.00 Å². The van der Waals surface area contributed by atoms with Gasteiger partial charge in [-0.3, -0.25) is 10.1 Å². The Balaban J connectivity index is 2.32. The molecule has 0 aliphatic heterocycles. The van der Waals surface area contributed by atoms with E-state index in [1.807, 2.05) is 36.2 Å². The maximum atomic E-state index is 11.2. The van der Waals surface area contributed by atoms with Gasteiger partial charge in [0, 0.05) is 29.0 Å². The Morgan fingerprint density at radius 3 is 2.71 bits per heavy atom. The summed E-state index contributed by atoms with van der Waals surface area (Å²) in [6.45, 7) is 2.15. The highest BCUT2D eigenvalue weighted by Gasteiger charge is 2.24. The van der Waals surface area contributed by atoms with Crippen LogP contribution >= 0.6 is 27.3 Å². The second kappa shape index (κ2) is 6.55. The lowest BCUT2D eigenvalue weighted by Gasteiger charge is -2.17. The number of nitro groups is 1. The second-order valence-electron chi connectivity index (χ2n) is 4.72. The van der Waals surface area contributed by atoms with Crippen LogP contribution in [0.5, 0.6) is 0 Å². The van der Waals surface area contributed by atoms with Gasteiger partial charge in [0.1, 0.15) is 0 Å². The molecule has 5 nitrogen and oxygen atoms in total. The average molecular weight is 371 g/mol. The van der Waals surface area contributed by atoms with Gasteiger partial charge in [-0.1, -0.05) is 34.1 Å². The van der Waals surface area contributed by atoms with Crippen LogP contribution in [0.25, 0.3) is 0 Å². The van der Waals surface area contributed by atoms with Crippen LogP contribution < -0.4 is 4.90 Å². The molecule has 0 amide bonds. The van der Waals surface area contributed by atoms with E-state index in [4.69, 9.17) is 0 Å². The van der Waals surface area contributed by atoms with E-state index in [1.165, 1.54) is 17.4 Å². The fourth-order valence-corrected chi connectivity index (χ4v) is 3.39. The molecule has 1 atom stereocenters. The van der Waals surface area contributed by atoms with Crippen molar-refractivity contribution in [3.63, 3.8) is 0 Å². The molecular formula is C14H15BrN2O3S. The van der Waals surface area contributed by atoms with Crippen molar-refractivity contribution >= 4 is 38.0 Å². The third kappa shape index (κ3) is 3.61. The lowest BCUT2D eigenvalue weighted by molar-refractivity contribution is -0.383. The van der Waals surface area contributed by atoms with Crippen LogP contribution in [0.2, 0.25) is 0 Å². The average Bonchev–Trinajstić information content (AvgIpc) is 2.87. The maximum Gasteiger partial charge on any atom is 0.304 e. The van der Waals surface area contributed by atoms with E-state index in [1.54, 1.807) is 6.92 Å². The summed E-state index contributed by atoms with van der Waals surface area (Å²) < 4.78 is 0.965. The Morgan fingerprint density at radius 1 is 1.48 bits per heavy atom. The third-order valence-electron chi connectivity index (χ3n) is 3.03. The number of rotatable bonds is 5. The van der Waals surface area contributed by atoms with Gasteiger partial charge in [0.2, 0.25) is 0 Å². The van der Waals surface area contributed by atoms with Crippen LogP contribution in [0.4, 0.5) is 10.7 Å². The quantitative estimate of drug-likeness (QED) is 0.635. The van der Waals surface area contributed by atoms with Gasteiger partial charge in [-0.25, -0.2) is 0 Å². The van der Waals surface area contributed by atoms with Crippen molar-refractivity contribution in [3.8, 4) is 0 Å². The number of benzene rings is 1. The van der Waals surface area contributed by atoms with Crippen molar-refractivity contribution in [2.24, 2.45) is 0 Å². The highest BCUT2D eigenvalue weighted by molar-refractivity contribution is 9.10. The van der Waals surface area contributed by atoms with E-state index in [9.17, 15) is 15.2 Å². The molecule has 2 rings (SSSR count). The van der Waals surface area contributed by atoms with E-state index >= 15 is 0 Å². The van der Waals surface area contributed by atoms with Gasteiger partial charge in [0.05, 0.1) is 11.0 Å². The molecule has 0 spiro atoms. The van der Waals surface area contributed by atoms with Crippen LogP contribution in [-0.4, -0.2) is 17.1 Å². The van der Waals surface area contributed by atoms with E-state index in [-0.39, 0.29) is 5.69 Å². The van der Waals surface area contributed by atoms with Gasteiger partial charge in [-0.05, 0) is 18.6 Å². The molecule has 7 heteroatoms. The number of hydrogen-bond donors (Lipinski definition) is 1. The lowest BCUT2D eigenvalue weighted by atomic mass is 10.2. The summed E-state index contributed by atoms with van der Waals surface area (Å²) in [5.41, 5.74) is 1.08. The number of anilines is 1. The molecule has 0 fully saturated rings. The standard InChI is InChI=1S/C14H15BrN2O3S/c1-9(18)13-7-12(17(19)20)14(21-13)16(2)8-10-5-3-4-6-11(10)15/h3-7,9,18H,8H2,1-2H3. The highest BCUT2D eigenvalue weighted by atomic mass is 79.9. The first-order valence-electron chi connectivity index (χ1n) is 6.31. The molecular weight excluding hydrogens is 356 g/mol. The summed E-state index contributed by atoms with van der Waals surface area (Å²) in [6, 6.07) is 9.20. The van der Waals surface area contributed by atoms with Gasteiger partial charge >= 0.3 is 5.69 Å². The molecule has 2 aromatic rings. The Labute approximate surface area is 135 Å². The van der Waals surface area contributed by atoms with Crippen molar-refractivity contribution in [1.29, 1.82) is 0 Å². The summed E-state index contributed by atoms with van der Waals surface area (Å²) in [7, 11) is 1.81. The van der Waals surface area contributed by atoms with Crippen LogP contribution in [0.1, 0.15) is 23.5 Å². The number of aliphatic hydroxyl groups excluding tert-OH is 1. The van der Waals surface area contributed by atoms with E-state index in [0.29, 0.717) is 16.4 Å². The molecule has 0 radical (unpaired) electrons. The first-order chi connectivity index (χ1) is 9.90. The van der Waals surface area contributed by atoms with Crippen molar-refractivity contribution in [2.75, 3.05) is 11.9 Å². The summed E-state index contributed by atoms with van der Waals surface area (Å²) in [4.78, 5) is 13.2. The Bertz CT molecular complexity index is 657. The molecule has 0 bridgehead atoms. The molecule has 1 N–H and O–H groups in total. The van der Waals surface area contributed by atoms with E-state index in [2.05, 4.69) is 15.9 Å². The molecule has 21 heavy (non-hydrogen) atoms. The largest absolute Gasteiger partial charge is 0.388 e. The SMILES string of the molecule is CC(O)c1cc([N+](=O)[O-])c(N(C)Cc2ccccc2Br)s1. The second-order valence-corrected chi connectivity index (χ2v) is 6.64. The topological polar surface area (TPSA) is 66.6 Å². The number of thiophene rings is 1.